The summed E-state index contributed by atoms with van der Waals surface area (Å²) in [6, 6.07) is 5.45. The molecule has 1 N–H and O–H groups in total. The van der Waals surface area contributed by atoms with Gasteiger partial charge in [0.15, 0.2) is 0 Å². The van der Waals surface area contributed by atoms with Crippen molar-refractivity contribution in [1.82, 2.24) is 4.90 Å². The first-order valence-electron chi connectivity index (χ1n) is 6.91. The third-order valence-electron chi connectivity index (χ3n) is 4.24. The second-order valence-electron chi connectivity index (χ2n) is 5.43. The van der Waals surface area contributed by atoms with Gasteiger partial charge in [0, 0.05) is 25.8 Å². The predicted octanol–water partition coefficient (Wildman–Crippen LogP) is 2.57. The van der Waals surface area contributed by atoms with E-state index in [0.717, 1.165) is 0 Å². The Hall–Kier alpha value is -2.11. The summed E-state index contributed by atoms with van der Waals surface area (Å²) in [5, 5.41) is 9.35. The van der Waals surface area contributed by atoms with Crippen molar-refractivity contribution in [2.24, 2.45) is 5.41 Å². The minimum Gasteiger partial charge on any atom is -0.481 e. The normalized spacial score (nSPS) is 21.4. The lowest BCUT2D eigenvalue weighted by molar-refractivity contribution is -0.148. The molecule has 1 aliphatic heterocycles. The van der Waals surface area contributed by atoms with Crippen LogP contribution in [0.5, 0.6) is 0 Å². The summed E-state index contributed by atoms with van der Waals surface area (Å²) in [7, 11) is 1.56. The Balaban J connectivity index is 2.13. The molecule has 1 aromatic carbocycles. The van der Waals surface area contributed by atoms with Crippen molar-refractivity contribution >= 4 is 17.7 Å². The number of carbonyl (C=O) groups is 2. The van der Waals surface area contributed by atoms with Gasteiger partial charge in [0.1, 0.15) is 5.82 Å². The molecule has 0 aliphatic carbocycles. The number of urea groups is 1. The van der Waals surface area contributed by atoms with Gasteiger partial charge in [-0.15, -0.1) is 0 Å². The number of carbonyl (C=O) groups excluding carboxylic acids is 1. The van der Waals surface area contributed by atoms with Crippen LogP contribution < -0.4 is 4.90 Å². The number of benzene rings is 1. The number of likely N-dealkylation sites (tertiary alicyclic amines) is 1. The van der Waals surface area contributed by atoms with Gasteiger partial charge >= 0.3 is 12.0 Å². The Kier molecular flexibility index (Phi) is 4.16. The first-order chi connectivity index (χ1) is 9.89. The first kappa shape index (κ1) is 15.3. The maximum Gasteiger partial charge on any atom is 0.324 e. The second kappa shape index (κ2) is 5.71. The maximum absolute atomic E-state index is 13.2. The molecule has 0 saturated carbocycles. The minimum atomic E-state index is -0.867. The van der Waals surface area contributed by atoms with E-state index in [0.29, 0.717) is 25.1 Å². The molecule has 0 spiro atoms. The highest BCUT2D eigenvalue weighted by Gasteiger charge is 2.45. The van der Waals surface area contributed by atoms with E-state index in [1.54, 1.807) is 13.1 Å². The van der Waals surface area contributed by atoms with Crippen LogP contribution in [0.15, 0.2) is 24.3 Å². The molecule has 1 saturated heterocycles. The number of halogens is 1. The Morgan fingerprint density at radius 3 is 2.71 bits per heavy atom. The van der Waals surface area contributed by atoms with Crippen molar-refractivity contribution in [2.75, 3.05) is 25.0 Å². The Bertz CT molecular complexity index is 564. The van der Waals surface area contributed by atoms with E-state index in [1.807, 2.05) is 6.92 Å². The maximum atomic E-state index is 13.2. The van der Waals surface area contributed by atoms with Crippen LogP contribution in [0.25, 0.3) is 0 Å². The number of rotatable bonds is 3. The van der Waals surface area contributed by atoms with E-state index in [4.69, 9.17) is 0 Å². The molecule has 114 valence electrons. The smallest absolute Gasteiger partial charge is 0.324 e. The van der Waals surface area contributed by atoms with Gasteiger partial charge in [-0.2, -0.15) is 0 Å². The lowest BCUT2D eigenvalue weighted by Crippen LogP contribution is -2.42. The van der Waals surface area contributed by atoms with Gasteiger partial charge in [-0.1, -0.05) is 13.0 Å². The molecule has 1 aliphatic rings. The SMILES string of the molecule is CCC1(C(=O)O)CCN(C(=O)N(C)c2cccc(F)c2)C1. The Labute approximate surface area is 123 Å². The summed E-state index contributed by atoms with van der Waals surface area (Å²) in [5.74, 6) is -1.28. The first-order valence-corrected chi connectivity index (χ1v) is 6.91. The third-order valence-corrected chi connectivity index (χ3v) is 4.24. The van der Waals surface area contributed by atoms with Gasteiger partial charge in [0.2, 0.25) is 0 Å². The van der Waals surface area contributed by atoms with Crippen LogP contribution in [0.1, 0.15) is 19.8 Å². The largest absolute Gasteiger partial charge is 0.481 e. The van der Waals surface area contributed by atoms with Crippen LogP contribution in [0.3, 0.4) is 0 Å². The molecule has 2 amide bonds. The molecular weight excluding hydrogens is 275 g/mol. The Morgan fingerprint density at radius 1 is 1.48 bits per heavy atom. The van der Waals surface area contributed by atoms with E-state index < -0.39 is 17.2 Å². The average Bonchev–Trinajstić information content (AvgIpc) is 2.91. The number of aliphatic carboxylic acids is 1. The number of anilines is 1. The molecule has 1 unspecified atom stereocenters. The van der Waals surface area contributed by atoms with Crippen LogP contribution >= 0.6 is 0 Å². The highest BCUT2D eigenvalue weighted by Crippen LogP contribution is 2.35. The zero-order valence-corrected chi connectivity index (χ0v) is 12.2. The fourth-order valence-electron chi connectivity index (χ4n) is 2.66. The number of amides is 2. The van der Waals surface area contributed by atoms with E-state index in [2.05, 4.69) is 0 Å². The fourth-order valence-corrected chi connectivity index (χ4v) is 2.66. The molecule has 0 aromatic heterocycles. The lowest BCUT2D eigenvalue weighted by Gasteiger charge is -2.27. The molecule has 6 heteroatoms. The quantitative estimate of drug-likeness (QED) is 0.932. The fraction of sp³-hybridized carbons (Fsp3) is 0.467. The van der Waals surface area contributed by atoms with Crippen LogP contribution in [-0.4, -0.2) is 42.1 Å². The Morgan fingerprint density at radius 2 is 2.19 bits per heavy atom. The monoisotopic (exact) mass is 294 g/mol. The predicted molar refractivity (Wildman–Crippen MR) is 76.7 cm³/mol. The van der Waals surface area contributed by atoms with Crippen molar-refractivity contribution in [3.05, 3.63) is 30.1 Å². The van der Waals surface area contributed by atoms with Gasteiger partial charge in [-0.3, -0.25) is 9.69 Å². The second-order valence-corrected chi connectivity index (χ2v) is 5.43. The highest BCUT2D eigenvalue weighted by atomic mass is 19.1. The van der Waals surface area contributed by atoms with Gasteiger partial charge in [-0.05, 0) is 31.0 Å². The molecular formula is C15H19FN2O3. The van der Waals surface area contributed by atoms with Gasteiger partial charge in [-0.25, -0.2) is 9.18 Å². The molecule has 2 rings (SSSR count). The summed E-state index contributed by atoms with van der Waals surface area (Å²) in [6.07, 6.45) is 0.928. The van der Waals surface area contributed by atoms with Crippen molar-refractivity contribution in [3.63, 3.8) is 0 Å². The molecule has 21 heavy (non-hydrogen) atoms. The lowest BCUT2D eigenvalue weighted by atomic mass is 9.84. The summed E-state index contributed by atoms with van der Waals surface area (Å²) in [5.41, 5.74) is -0.414. The summed E-state index contributed by atoms with van der Waals surface area (Å²) >= 11 is 0. The standard InChI is InChI=1S/C15H19FN2O3/c1-3-15(13(19)20)7-8-18(10-15)14(21)17(2)12-6-4-5-11(16)9-12/h4-6,9H,3,7-8,10H2,1-2H3,(H,19,20). The molecule has 1 heterocycles. The molecule has 0 radical (unpaired) electrons. The number of nitrogens with zero attached hydrogens (tertiary/aromatic N) is 2. The van der Waals surface area contributed by atoms with Gasteiger partial charge in [0.05, 0.1) is 5.41 Å². The summed E-state index contributed by atoms with van der Waals surface area (Å²) in [4.78, 5) is 26.7. The van der Waals surface area contributed by atoms with Gasteiger partial charge in [0.25, 0.3) is 0 Å². The highest BCUT2D eigenvalue weighted by molar-refractivity contribution is 5.92. The average molecular weight is 294 g/mol. The molecule has 1 atom stereocenters. The third kappa shape index (κ3) is 2.84. The van der Waals surface area contributed by atoms with E-state index in [-0.39, 0.29) is 12.6 Å². The summed E-state index contributed by atoms with van der Waals surface area (Å²) < 4.78 is 13.2. The van der Waals surface area contributed by atoms with Crippen LogP contribution in [0.2, 0.25) is 0 Å². The zero-order valence-electron chi connectivity index (χ0n) is 12.2. The topological polar surface area (TPSA) is 60.9 Å². The number of hydrogen-bond acceptors (Lipinski definition) is 2. The van der Waals surface area contributed by atoms with Crippen LogP contribution in [0, 0.1) is 11.2 Å². The van der Waals surface area contributed by atoms with Crippen molar-refractivity contribution in [1.29, 1.82) is 0 Å². The molecule has 0 bridgehead atoms. The molecule has 1 aromatic rings. The van der Waals surface area contributed by atoms with E-state index >= 15 is 0 Å². The van der Waals surface area contributed by atoms with Crippen molar-refractivity contribution < 1.29 is 19.1 Å². The van der Waals surface area contributed by atoms with Crippen molar-refractivity contribution in [3.8, 4) is 0 Å². The number of carboxylic acid groups (broad SMARTS) is 1. The van der Waals surface area contributed by atoms with E-state index in [1.165, 1.54) is 28.0 Å². The number of carboxylic acids is 1. The van der Waals surface area contributed by atoms with Gasteiger partial charge < -0.3 is 10.0 Å². The van der Waals surface area contributed by atoms with Crippen molar-refractivity contribution in [2.45, 2.75) is 19.8 Å². The molecule has 1 fully saturated rings. The number of hydrogen-bond donors (Lipinski definition) is 1. The van der Waals surface area contributed by atoms with Crippen LogP contribution in [-0.2, 0) is 4.79 Å². The molecule has 5 nitrogen and oxygen atoms in total. The zero-order chi connectivity index (χ0) is 15.6. The van der Waals surface area contributed by atoms with Crippen LogP contribution in [0.4, 0.5) is 14.9 Å². The minimum absolute atomic E-state index is 0.192. The van der Waals surface area contributed by atoms with E-state index in [9.17, 15) is 19.1 Å². The summed E-state index contributed by atoms with van der Waals surface area (Å²) in [6.45, 7) is 2.41.